The molecule has 1 N–H and O–H groups in total. The molecule has 2 aromatic rings. The molecule has 3 rings (SSSR count). The molecule has 140 valence electrons. The summed E-state index contributed by atoms with van der Waals surface area (Å²) in [5.41, 5.74) is 1.98. The fraction of sp³-hybridized carbons (Fsp3) is 0.429. The van der Waals surface area contributed by atoms with Crippen LogP contribution in [0.3, 0.4) is 0 Å². The Morgan fingerprint density at radius 1 is 1.23 bits per heavy atom. The van der Waals surface area contributed by atoms with Gasteiger partial charge in [-0.15, -0.1) is 0 Å². The molecule has 0 aliphatic carbocycles. The highest BCUT2D eigenvalue weighted by Crippen LogP contribution is 2.24. The van der Waals surface area contributed by atoms with Crippen molar-refractivity contribution in [3.8, 4) is 5.75 Å². The van der Waals surface area contributed by atoms with Crippen LogP contribution in [-0.4, -0.2) is 30.6 Å². The van der Waals surface area contributed by atoms with Crippen LogP contribution in [0, 0.1) is 5.82 Å². The van der Waals surface area contributed by atoms with E-state index in [2.05, 4.69) is 17.1 Å². The van der Waals surface area contributed by atoms with Crippen molar-refractivity contribution in [2.45, 2.75) is 39.0 Å². The van der Waals surface area contributed by atoms with Gasteiger partial charge in [-0.2, -0.15) is 0 Å². The molecule has 1 aliphatic rings. The zero-order chi connectivity index (χ0) is 18.4. The van der Waals surface area contributed by atoms with Gasteiger partial charge in [-0.25, -0.2) is 4.39 Å². The van der Waals surface area contributed by atoms with E-state index in [1.807, 2.05) is 18.2 Å². The first-order chi connectivity index (χ1) is 12.7. The Kier molecular flexibility index (Phi) is 6.89. The first-order valence-electron chi connectivity index (χ1n) is 9.26. The van der Waals surface area contributed by atoms with E-state index in [1.54, 1.807) is 12.1 Å². The lowest BCUT2D eigenvalue weighted by Crippen LogP contribution is -2.37. The first kappa shape index (κ1) is 19.2. The van der Waals surface area contributed by atoms with E-state index in [4.69, 9.17) is 16.3 Å². The zero-order valence-corrected chi connectivity index (χ0v) is 15.9. The van der Waals surface area contributed by atoms with E-state index in [9.17, 15) is 4.39 Å². The van der Waals surface area contributed by atoms with Crippen molar-refractivity contribution in [3.05, 3.63) is 64.4 Å². The van der Waals surface area contributed by atoms with Gasteiger partial charge in [0.2, 0.25) is 0 Å². The van der Waals surface area contributed by atoms with Crippen molar-refractivity contribution in [1.29, 1.82) is 0 Å². The maximum atomic E-state index is 13.0. The number of nitrogens with zero attached hydrogens (tertiary/aromatic N) is 1. The third-order valence-electron chi connectivity index (χ3n) is 4.93. The summed E-state index contributed by atoms with van der Waals surface area (Å²) >= 11 is 6.17. The van der Waals surface area contributed by atoms with E-state index in [0.29, 0.717) is 24.2 Å². The summed E-state index contributed by atoms with van der Waals surface area (Å²) in [5, 5.41) is 4.25. The Morgan fingerprint density at radius 2 is 2.04 bits per heavy atom. The van der Waals surface area contributed by atoms with Crippen LogP contribution in [0.1, 0.15) is 30.9 Å². The van der Waals surface area contributed by atoms with Gasteiger partial charge in [0.25, 0.3) is 0 Å². The van der Waals surface area contributed by atoms with Crippen LogP contribution < -0.4 is 10.1 Å². The third-order valence-corrected chi connectivity index (χ3v) is 5.17. The molecule has 0 radical (unpaired) electrons. The molecule has 1 heterocycles. The fourth-order valence-electron chi connectivity index (χ4n) is 3.48. The fourth-order valence-corrected chi connectivity index (χ4v) is 3.68. The maximum Gasteiger partial charge on any atom is 0.124 e. The van der Waals surface area contributed by atoms with E-state index < -0.39 is 0 Å². The smallest absolute Gasteiger partial charge is 0.124 e. The summed E-state index contributed by atoms with van der Waals surface area (Å²) in [6.07, 6.45) is 2.54. The number of halogens is 2. The molecule has 1 aliphatic heterocycles. The quantitative estimate of drug-likeness (QED) is 0.726. The average molecular weight is 377 g/mol. The average Bonchev–Trinajstić information content (AvgIpc) is 3.10. The molecule has 0 bridgehead atoms. The summed E-state index contributed by atoms with van der Waals surface area (Å²) in [7, 11) is 0. The SMILES string of the molecule is CCN1CCC[C@@H]1CNCc1cc(Cl)ccc1OCc1ccc(F)cc1. The first-order valence-corrected chi connectivity index (χ1v) is 9.64. The van der Waals surface area contributed by atoms with E-state index in [0.717, 1.165) is 30.0 Å². The lowest BCUT2D eigenvalue weighted by molar-refractivity contribution is 0.259. The van der Waals surface area contributed by atoms with Crippen LogP contribution in [0.15, 0.2) is 42.5 Å². The normalized spacial score (nSPS) is 17.6. The minimum atomic E-state index is -0.238. The Hall–Kier alpha value is -1.62. The van der Waals surface area contributed by atoms with Crippen molar-refractivity contribution >= 4 is 11.6 Å². The molecule has 0 spiro atoms. The van der Waals surface area contributed by atoms with Crippen molar-refractivity contribution in [3.63, 3.8) is 0 Å². The second kappa shape index (κ2) is 9.36. The van der Waals surface area contributed by atoms with Crippen molar-refractivity contribution < 1.29 is 9.13 Å². The van der Waals surface area contributed by atoms with Gasteiger partial charge in [0.1, 0.15) is 18.2 Å². The molecule has 1 fully saturated rings. The molecule has 0 aromatic heterocycles. The Labute approximate surface area is 160 Å². The highest BCUT2D eigenvalue weighted by Gasteiger charge is 2.22. The lowest BCUT2D eigenvalue weighted by atomic mass is 10.1. The zero-order valence-electron chi connectivity index (χ0n) is 15.2. The number of nitrogens with one attached hydrogen (secondary N) is 1. The number of hydrogen-bond acceptors (Lipinski definition) is 3. The van der Waals surface area contributed by atoms with Gasteiger partial charge < -0.3 is 10.1 Å². The van der Waals surface area contributed by atoms with Crippen molar-refractivity contribution in [2.75, 3.05) is 19.6 Å². The van der Waals surface area contributed by atoms with Gasteiger partial charge in [0.05, 0.1) is 0 Å². The molecular weight excluding hydrogens is 351 g/mol. The Morgan fingerprint density at radius 3 is 2.81 bits per heavy atom. The molecule has 0 amide bonds. The molecular formula is C21H26ClFN2O. The van der Waals surface area contributed by atoms with E-state index in [1.165, 1.54) is 31.5 Å². The van der Waals surface area contributed by atoms with Crippen LogP contribution in [0.5, 0.6) is 5.75 Å². The van der Waals surface area contributed by atoms with Crippen molar-refractivity contribution in [1.82, 2.24) is 10.2 Å². The number of hydrogen-bond donors (Lipinski definition) is 1. The number of likely N-dealkylation sites (tertiary alicyclic amines) is 1. The van der Waals surface area contributed by atoms with Gasteiger partial charge in [-0.1, -0.05) is 30.7 Å². The van der Waals surface area contributed by atoms with E-state index in [-0.39, 0.29) is 5.82 Å². The van der Waals surface area contributed by atoms with Crippen LogP contribution in [0.4, 0.5) is 4.39 Å². The molecule has 1 saturated heterocycles. The predicted molar refractivity (Wildman–Crippen MR) is 104 cm³/mol. The van der Waals surface area contributed by atoms with Crippen molar-refractivity contribution in [2.24, 2.45) is 0 Å². The summed E-state index contributed by atoms with van der Waals surface area (Å²) in [4.78, 5) is 2.52. The van der Waals surface area contributed by atoms with Gasteiger partial charge in [-0.05, 0) is 61.8 Å². The standard InChI is InChI=1S/C21H26ClFN2O/c1-2-25-11-3-4-20(25)14-24-13-17-12-18(22)7-10-21(17)26-15-16-5-8-19(23)9-6-16/h5-10,12,20,24H,2-4,11,13-15H2,1H3/t20-/m1/s1. The van der Waals surface area contributed by atoms with Crippen LogP contribution in [0.2, 0.25) is 5.02 Å². The highest BCUT2D eigenvalue weighted by molar-refractivity contribution is 6.30. The second-order valence-electron chi connectivity index (χ2n) is 6.72. The minimum Gasteiger partial charge on any atom is -0.489 e. The summed E-state index contributed by atoms with van der Waals surface area (Å²) in [6, 6.07) is 12.7. The van der Waals surface area contributed by atoms with Gasteiger partial charge in [0.15, 0.2) is 0 Å². The summed E-state index contributed by atoms with van der Waals surface area (Å²) in [6.45, 7) is 6.62. The molecule has 1 atom stereocenters. The largest absolute Gasteiger partial charge is 0.489 e. The van der Waals surface area contributed by atoms with Crippen LogP contribution >= 0.6 is 11.6 Å². The number of likely N-dealkylation sites (N-methyl/N-ethyl adjacent to an activating group) is 1. The number of ether oxygens (including phenoxy) is 1. The predicted octanol–water partition coefficient (Wildman–Crippen LogP) is 4.63. The topological polar surface area (TPSA) is 24.5 Å². The minimum absolute atomic E-state index is 0.238. The second-order valence-corrected chi connectivity index (χ2v) is 7.16. The maximum absolute atomic E-state index is 13.0. The molecule has 3 nitrogen and oxygen atoms in total. The highest BCUT2D eigenvalue weighted by atomic mass is 35.5. The van der Waals surface area contributed by atoms with Crippen LogP contribution in [0.25, 0.3) is 0 Å². The lowest BCUT2D eigenvalue weighted by Gasteiger charge is -2.23. The molecule has 0 saturated carbocycles. The third kappa shape index (κ3) is 5.19. The van der Waals surface area contributed by atoms with Crippen LogP contribution in [-0.2, 0) is 13.2 Å². The number of rotatable bonds is 8. The molecule has 26 heavy (non-hydrogen) atoms. The molecule has 0 unspecified atom stereocenters. The van der Waals surface area contributed by atoms with Gasteiger partial charge in [0, 0.05) is 29.7 Å². The molecule has 2 aromatic carbocycles. The molecule has 5 heteroatoms. The van der Waals surface area contributed by atoms with Gasteiger partial charge in [-0.3, -0.25) is 4.90 Å². The number of benzene rings is 2. The summed E-state index contributed by atoms with van der Waals surface area (Å²) < 4.78 is 19.0. The van der Waals surface area contributed by atoms with E-state index >= 15 is 0 Å². The Bertz CT molecular complexity index is 708. The summed E-state index contributed by atoms with van der Waals surface area (Å²) in [5.74, 6) is 0.572. The Balaban J connectivity index is 1.57. The van der Waals surface area contributed by atoms with Gasteiger partial charge >= 0.3 is 0 Å². The monoisotopic (exact) mass is 376 g/mol.